The number of para-hydroxylation sites is 1. The molecule has 0 atom stereocenters. The quantitative estimate of drug-likeness (QED) is 0.0725. The number of phenols is 1. The average Bonchev–Trinajstić information content (AvgIpc) is 3.11. The third kappa shape index (κ3) is 32.2. The van der Waals surface area contributed by atoms with Crippen molar-refractivity contribution in [3.05, 3.63) is 65.2 Å². The lowest BCUT2D eigenvalue weighted by Crippen LogP contribution is -1.93. The SMILES string of the molecule is CCCCCCCCCCCCCCCCCCc1cc(C)cc(CCCCCCCCCCCCCCCCCC)c1.Oc1ccccc1. The Labute approximate surface area is 314 Å². The van der Waals surface area contributed by atoms with Crippen molar-refractivity contribution in [3.63, 3.8) is 0 Å². The first kappa shape index (κ1) is 46.3. The van der Waals surface area contributed by atoms with Crippen molar-refractivity contribution in [2.45, 2.75) is 239 Å². The van der Waals surface area contributed by atoms with Crippen LogP contribution in [0.15, 0.2) is 48.5 Å². The van der Waals surface area contributed by atoms with E-state index in [0.717, 1.165) is 0 Å². The molecule has 0 aliphatic rings. The maximum Gasteiger partial charge on any atom is 0.115 e. The first-order chi connectivity index (χ1) is 24.7. The number of hydrogen-bond donors (Lipinski definition) is 1. The molecule has 2 aromatic carbocycles. The molecule has 0 aliphatic heterocycles. The molecule has 1 N–H and O–H groups in total. The largest absolute Gasteiger partial charge is 0.508 e. The lowest BCUT2D eigenvalue weighted by atomic mass is 9.97. The van der Waals surface area contributed by atoms with Gasteiger partial charge in [0.2, 0.25) is 0 Å². The van der Waals surface area contributed by atoms with Crippen LogP contribution in [-0.4, -0.2) is 5.11 Å². The summed E-state index contributed by atoms with van der Waals surface area (Å²) < 4.78 is 0. The minimum atomic E-state index is 0.322. The van der Waals surface area contributed by atoms with Gasteiger partial charge in [-0.05, 0) is 55.9 Å². The van der Waals surface area contributed by atoms with Gasteiger partial charge in [0.25, 0.3) is 0 Å². The van der Waals surface area contributed by atoms with E-state index in [-0.39, 0.29) is 0 Å². The molecule has 0 radical (unpaired) electrons. The Hall–Kier alpha value is -1.76. The molecule has 0 unspecified atom stereocenters. The Morgan fingerprint density at radius 1 is 0.340 bits per heavy atom. The third-order valence-electron chi connectivity index (χ3n) is 10.6. The standard InChI is InChI=1S/C43H80.C6H6O/c1-4-6-8-10-12-14-16-18-20-22-24-26-28-30-32-34-36-42-38-41(3)39-43(40-42)37-35-33-31-29-27-25-23-21-19-17-15-13-11-9-7-5-2;7-6-4-2-1-3-5-6/h38-40H,4-37H2,1-3H3;1-5,7H. The van der Waals surface area contributed by atoms with E-state index in [0.29, 0.717) is 5.75 Å². The van der Waals surface area contributed by atoms with Crippen LogP contribution in [0.3, 0.4) is 0 Å². The molecule has 2 aromatic rings. The van der Waals surface area contributed by atoms with Crippen LogP contribution < -0.4 is 0 Å². The van der Waals surface area contributed by atoms with Crippen LogP contribution >= 0.6 is 0 Å². The van der Waals surface area contributed by atoms with Crippen LogP contribution in [0.5, 0.6) is 5.75 Å². The van der Waals surface area contributed by atoms with Gasteiger partial charge in [-0.15, -0.1) is 0 Å². The van der Waals surface area contributed by atoms with Gasteiger partial charge in [-0.3, -0.25) is 0 Å². The fraction of sp³-hybridized carbons (Fsp3) is 0.755. The minimum absolute atomic E-state index is 0.322. The van der Waals surface area contributed by atoms with Crippen molar-refractivity contribution < 1.29 is 5.11 Å². The zero-order chi connectivity index (χ0) is 36.0. The molecular formula is C49H86O. The molecular weight excluding hydrogens is 605 g/mol. The first-order valence-corrected chi connectivity index (χ1v) is 22.5. The van der Waals surface area contributed by atoms with Crippen LogP contribution in [0, 0.1) is 6.92 Å². The number of unbranched alkanes of at least 4 members (excludes halogenated alkanes) is 30. The highest BCUT2D eigenvalue weighted by Crippen LogP contribution is 2.19. The van der Waals surface area contributed by atoms with Crippen molar-refractivity contribution in [2.75, 3.05) is 0 Å². The van der Waals surface area contributed by atoms with Crippen molar-refractivity contribution >= 4 is 0 Å². The van der Waals surface area contributed by atoms with Gasteiger partial charge in [0.1, 0.15) is 5.75 Å². The Kier molecular flexibility index (Phi) is 34.2. The molecule has 1 nitrogen and oxygen atoms in total. The average molecular weight is 691 g/mol. The van der Waals surface area contributed by atoms with Gasteiger partial charge in [0.15, 0.2) is 0 Å². The van der Waals surface area contributed by atoms with Crippen molar-refractivity contribution in [1.82, 2.24) is 0 Å². The second-order valence-electron chi connectivity index (χ2n) is 15.8. The number of rotatable bonds is 34. The Balaban J connectivity index is 0.00000158. The molecule has 0 fully saturated rings. The van der Waals surface area contributed by atoms with E-state index in [9.17, 15) is 0 Å². The topological polar surface area (TPSA) is 20.2 Å². The van der Waals surface area contributed by atoms with Crippen LogP contribution in [0.2, 0.25) is 0 Å². The van der Waals surface area contributed by atoms with Crippen LogP contribution in [0.1, 0.15) is 236 Å². The lowest BCUT2D eigenvalue weighted by Gasteiger charge is -2.09. The van der Waals surface area contributed by atoms with Crippen LogP contribution in [0.25, 0.3) is 0 Å². The number of aryl methyl sites for hydroxylation is 3. The van der Waals surface area contributed by atoms with E-state index in [1.54, 1.807) is 35.4 Å². The van der Waals surface area contributed by atoms with Crippen molar-refractivity contribution in [2.24, 2.45) is 0 Å². The maximum atomic E-state index is 8.63. The Morgan fingerprint density at radius 3 is 0.840 bits per heavy atom. The van der Waals surface area contributed by atoms with E-state index in [1.165, 1.54) is 224 Å². The van der Waals surface area contributed by atoms with Crippen molar-refractivity contribution in [1.29, 1.82) is 0 Å². The number of hydrogen-bond acceptors (Lipinski definition) is 1. The predicted octanol–water partition coefficient (Wildman–Crippen LogP) is 17.0. The maximum absolute atomic E-state index is 8.63. The summed E-state index contributed by atoms with van der Waals surface area (Å²) in [5, 5.41) is 8.63. The van der Waals surface area contributed by atoms with E-state index in [2.05, 4.69) is 39.0 Å². The summed E-state index contributed by atoms with van der Waals surface area (Å²) in [4.78, 5) is 0. The summed E-state index contributed by atoms with van der Waals surface area (Å²) in [6, 6.07) is 16.1. The number of aromatic hydroxyl groups is 1. The van der Waals surface area contributed by atoms with Gasteiger partial charge in [-0.25, -0.2) is 0 Å². The molecule has 0 spiro atoms. The molecule has 288 valence electrons. The fourth-order valence-corrected chi connectivity index (χ4v) is 7.42. The third-order valence-corrected chi connectivity index (χ3v) is 10.6. The monoisotopic (exact) mass is 691 g/mol. The first-order valence-electron chi connectivity index (χ1n) is 22.5. The van der Waals surface area contributed by atoms with E-state index in [1.807, 2.05) is 6.07 Å². The minimum Gasteiger partial charge on any atom is -0.508 e. The second kappa shape index (κ2) is 37.0. The van der Waals surface area contributed by atoms with E-state index >= 15 is 0 Å². The molecule has 0 heterocycles. The summed E-state index contributed by atoms with van der Waals surface area (Å²) >= 11 is 0. The Morgan fingerprint density at radius 2 is 0.600 bits per heavy atom. The highest BCUT2D eigenvalue weighted by atomic mass is 16.3. The summed E-state index contributed by atoms with van der Waals surface area (Å²) in [6.07, 6.45) is 49.0. The van der Waals surface area contributed by atoms with Crippen LogP contribution in [0.4, 0.5) is 0 Å². The van der Waals surface area contributed by atoms with E-state index < -0.39 is 0 Å². The second-order valence-corrected chi connectivity index (χ2v) is 15.8. The number of phenolic OH excluding ortho intramolecular Hbond substituents is 1. The fourth-order valence-electron chi connectivity index (χ4n) is 7.42. The molecule has 0 saturated carbocycles. The molecule has 0 aromatic heterocycles. The van der Waals surface area contributed by atoms with Gasteiger partial charge in [0.05, 0.1) is 0 Å². The van der Waals surface area contributed by atoms with Gasteiger partial charge in [-0.1, -0.05) is 248 Å². The van der Waals surface area contributed by atoms with E-state index in [4.69, 9.17) is 5.11 Å². The zero-order valence-electron chi connectivity index (χ0n) is 34.1. The van der Waals surface area contributed by atoms with Gasteiger partial charge in [0, 0.05) is 0 Å². The summed E-state index contributed by atoms with van der Waals surface area (Å²) in [5.74, 6) is 0.322. The lowest BCUT2D eigenvalue weighted by molar-refractivity contribution is 0.475. The highest BCUT2D eigenvalue weighted by Gasteiger charge is 2.02. The Bertz CT molecular complexity index is 879. The molecule has 2 rings (SSSR count). The smallest absolute Gasteiger partial charge is 0.115 e. The molecule has 0 amide bonds. The molecule has 0 aliphatic carbocycles. The molecule has 0 bridgehead atoms. The van der Waals surface area contributed by atoms with Gasteiger partial charge >= 0.3 is 0 Å². The summed E-state index contributed by atoms with van der Waals surface area (Å²) in [5.41, 5.74) is 4.66. The molecule has 1 heteroatoms. The molecule has 0 saturated heterocycles. The number of benzene rings is 2. The van der Waals surface area contributed by atoms with Crippen molar-refractivity contribution in [3.8, 4) is 5.75 Å². The summed E-state index contributed by atoms with van der Waals surface area (Å²) in [7, 11) is 0. The normalized spacial score (nSPS) is 11.1. The van der Waals surface area contributed by atoms with Crippen LogP contribution in [-0.2, 0) is 12.8 Å². The summed E-state index contributed by atoms with van der Waals surface area (Å²) in [6.45, 7) is 6.92. The predicted molar refractivity (Wildman–Crippen MR) is 226 cm³/mol. The highest BCUT2D eigenvalue weighted by molar-refractivity contribution is 5.29. The van der Waals surface area contributed by atoms with Gasteiger partial charge in [-0.2, -0.15) is 0 Å². The zero-order valence-corrected chi connectivity index (χ0v) is 34.1. The van der Waals surface area contributed by atoms with Gasteiger partial charge < -0.3 is 5.11 Å². The molecule has 50 heavy (non-hydrogen) atoms.